The summed E-state index contributed by atoms with van der Waals surface area (Å²) in [5, 5.41) is 8.67. The molecule has 0 fully saturated rings. The van der Waals surface area contributed by atoms with Crippen molar-refractivity contribution in [3.8, 4) is 0 Å². The largest absolute Gasteiger partial charge is 0.395 e. The molecule has 17 heavy (non-hydrogen) atoms. The number of amides is 1. The first-order valence-corrected chi connectivity index (χ1v) is 5.71. The van der Waals surface area contributed by atoms with Crippen molar-refractivity contribution in [2.45, 2.75) is 26.7 Å². The standard InChI is InChI=1S/C11H21F2NO3/c1-9(2)8-17-6-3-11(16)14(4-5-15)7-10(12)13/h9-10,15H,3-8H2,1-2H3. The third-order valence-corrected chi connectivity index (χ3v) is 1.99. The zero-order valence-corrected chi connectivity index (χ0v) is 10.4. The van der Waals surface area contributed by atoms with Gasteiger partial charge in [0.2, 0.25) is 5.91 Å². The van der Waals surface area contributed by atoms with Crippen molar-refractivity contribution in [1.29, 1.82) is 0 Å². The molecule has 1 N–H and O–H groups in total. The lowest BCUT2D eigenvalue weighted by molar-refractivity contribution is -0.134. The second-order valence-electron chi connectivity index (χ2n) is 4.17. The lowest BCUT2D eigenvalue weighted by Gasteiger charge is -2.21. The van der Waals surface area contributed by atoms with Gasteiger partial charge >= 0.3 is 0 Å². The Morgan fingerprint density at radius 2 is 2.06 bits per heavy atom. The average molecular weight is 253 g/mol. The first-order valence-electron chi connectivity index (χ1n) is 5.71. The van der Waals surface area contributed by atoms with Crippen LogP contribution >= 0.6 is 0 Å². The van der Waals surface area contributed by atoms with Gasteiger partial charge in [-0.15, -0.1) is 0 Å². The Morgan fingerprint density at radius 3 is 2.53 bits per heavy atom. The third kappa shape index (κ3) is 9.00. The van der Waals surface area contributed by atoms with Crippen LogP contribution in [0.3, 0.4) is 0 Å². The molecule has 0 spiro atoms. The molecule has 0 heterocycles. The van der Waals surface area contributed by atoms with Gasteiger partial charge in [0.15, 0.2) is 0 Å². The minimum absolute atomic E-state index is 0.0621. The van der Waals surface area contributed by atoms with Gasteiger partial charge in [-0.2, -0.15) is 0 Å². The van der Waals surface area contributed by atoms with Crippen LogP contribution in [0.1, 0.15) is 20.3 Å². The molecular formula is C11H21F2NO3. The number of aliphatic hydroxyl groups is 1. The van der Waals surface area contributed by atoms with Crippen molar-refractivity contribution in [2.24, 2.45) is 5.92 Å². The first-order chi connectivity index (χ1) is 7.97. The van der Waals surface area contributed by atoms with E-state index in [1.54, 1.807) is 0 Å². The van der Waals surface area contributed by atoms with Gasteiger partial charge in [0.1, 0.15) is 0 Å². The number of carbonyl (C=O) groups excluding carboxylic acids is 1. The zero-order valence-electron chi connectivity index (χ0n) is 10.4. The number of nitrogens with zero attached hydrogens (tertiary/aromatic N) is 1. The number of carbonyl (C=O) groups is 1. The maximum atomic E-state index is 12.2. The summed E-state index contributed by atoms with van der Waals surface area (Å²) in [5.74, 6) is -0.0391. The molecule has 4 nitrogen and oxygen atoms in total. The lowest BCUT2D eigenvalue weighted by atomic mass is 10.2. The summed E-state index contributed by atoms with van der Waals surface area (Å²) in [4.78, 5) is 12.5. The molecule has 0 unspecified atom stereocenters. The maximum Gasteiger partial charge on any atom is 0.255 e. The SMILES string of the molecule is CC(C)COCCC(=O)N(CCO)CC(F)F. The van der Waals surface area contributed by atoms with Gasteiger partial charge in [0.25, 0.3) is 6.43 Å². The molecule has 0 rings (SSSR count). The topological polar surface area (TPSA) is 49.8 Å². The second kappa shape index (κ2) is 9.30. The molecule has 0 aromatic heterocycles. The summed E-state index contributed by atoms with van der Waals surface area (Å²) >= 11 is 0. The van der Waals surface area contributed by atoms with E-state index in [2.05, 4.69) is 0 Å². The van der Waals surface area contributed by atoms with Crippen molar-refractivity contribution < 1.29 is 23.4 Å². The van der Waals surface area contributed by atoms with Crippen LogP contribution in [0.15, 0.2) is 0 Å². The van der Waals surface area contributed by atoms with Crippen LogP contribution in [0, 0.1) is 5.92 Å². The summed E-state index contributed by atoms with van der Waals surface area (Å²) in [6.07, 6.45) is -2.51. The highest BCUT2D eigenvalue weighted by molar-refractivity contribution is 5.76. The van der Waals surface area contributed by atoms with E-state index in [9.17, 15) is 13.6 Å². The van der Waals surface area contributed by atoms with E-state index >= 15 is 0 Å². The van der Waals surface area contributed by atoms with Crippen LogP contribution in [-0.2, 0) is 9.53 Å². The van der Waals surface area contributed by atoms with E-state index in [1.165, 1.54) is 0 Å². The Labute approximate surface area is 101 Å². The molecule has 0 aromatic carbocycles. The molecule has 0 aliphatic heterocycles. The van der Waals surface area contributed by atoms with Crippen molar-refractivity contribution in [2.75, 3.05) is 32.9 Å². The highest BCUT2D eigenvalue weighted by atomic mass is 19.3. The van der Waals surface area contributed by atoms with Crippen molar-refractivity contribution in [3.63, 3.8) is 0 Å². The Hall–Kier alpha value is -0.750. The van der Waals surface area contributed by atoms with E-state index in [-0.39, 0.29) is 26.2 Å². The zero-order chi connectivity index (χ0) is 13.3. The van der Waals surface area contributed by atoms with Crippen LogP contribution in [0.2, 0.25) is 0 Å². The third-order valence-electron chi connectivity index (χ3n) is 1.99. The van der Waals surface area contributed by atoms with Gasteiger partial charge < -0.3 is 14.7 Å². The molecular weight excluding hydrogens is 232 g/mol. The van der Waals surface area contributed by atoms with Gasteiger partial charge in [-0.3, -0.25) is 4.79 Å². The summed E-state index contributed by atoms with van der Waals surface area (Å²) in [5.41, 5.74) is 0. The van der Waals surface area contributed by atoms with E-state index in [0.29, 0.717) is 12.5 Å². The molecule has 0 aromatic rings. The van der Waals surface area contributed by atoms with E-state index in [1.807, 2.05) is 13.8 Å². The Bertz CT molecular complexity index is 213. The smallest absolute Gasteiger partial charge is 0.255 e. The van der Waals surface area contributed by atoms with Crippen molar-refractivity contribution >= 4 is 5.91 Å². The van der Waals surface area contributed by atoms with E-state index in [0.717, 1.165) is 4.90 Å². The minimum atomic E-state index is -2.58. The summed E-state index contributed by atoms with van der Waals surface area (Å²) in [7, 11) is 0. The number of ether oxygens (including phenoxy) is 1. The van der Waals surface area contributed by atoms with Crippen molar-refractivity contribution in [3.05, 3.63) is 0 Å². The molecule has 1 amide bonds. The highest BCUT2D eigenvalue weighted by Gasteiger charge is 2.17. The predicted octanol–water partition coefficient (Wildman–Crippen LogP) is 1.14. The molecule has 0 saturated heterocycles. The monoisotopic (exact) mass is 253 g/mol. The summed E-state index contributed by atoms with van der Waals surface area (Å²) < 4.78 is 29.5. The van der Waals surface area contributed by atoms with Crippen LogP contribution in [0.5, 0.6) is 0 Å². The minimum Gasteiger partial charge on any atom is -0.395 e. The van der Waals surface area contributed by atoms with Crippen LogP contribution in [0.25, 0.3) is 0 Å². The first kappa shape index (κ1) is 16.2. The van der Waals surface area contributed by atoms with E-state index in [4.69, 9.17) is 9.84 Å². The molecule has 0 atom stereocenters. The molecule has 0 saturated carbocycles. The fourth-order valence-electron chi connectivity index (χ4n) is 1.24. The number of halogens is 2. The number of aliphatic hydroxyl groups excluding tert-OH is 1. The molecule has 0 aliphatic rings. The summed E-state index contributed by atoms with van der Waals surface area (Å²) in [6, 6.07) is 0. The maximum absolute atomic E-state index is 12.2. The molecule has 0 aliphatic carbocycles. The number of rotatable bonds is 9. The van der Waals surface area contributed by atoms with Crippen molar-refractivity contribution in [1.82, 2.24) is 4.90 Å². The number of hydrogen-bond donors (Lipinski definition) is 1. The lowest BCUT2D eigenvalue weighted by Crippen LogP contribution is -2.37. The van der Waals surface area contributed by atoms with Gasteiger partial charge in [-0.25, -0.2) is 8.78 Å². The number of alkyl halides is 2. The average Bonchev–Trinajstić information content (AvgIpc) is 2.22. The fourth-order valence-corrected chi connectivity index (χ4v) is 1.24. The molecule has 6 heteroatoms. The molecule has 102 valence electrons. The van der Waals surface area contributed by atoms with Gasteiger partial charge in [-0.1, -0.05) is 13.8 Å². The Morgan fingerprint density at radius 1 is 1.41 bits per heavy atom. The Kier molecular flexibility index (Phi) is 8.89. The van der Waals surface area contributed by atoms with Gasteiger partial charge in [0.05, 0.1) is 26.2 Å². The molecule has 0 radical (unpaired) electrons. The van der Waals surface area contributed by atoms with Crippen LogP contribution < -0.4 is 0 Å². The van der Waals surface area contributed by atoms with Gasteiger partial charge in [0, 0.05) is 13.2 Å². The van der Waals surface area contributed by atoms with Gasteiger partial charge in [-0.05, 0) is 5.92 Å². The van der Waals surface area contributed by atoms with Crippen LogP contribution in [-0.4, -0.2) is 55.2 Å². The molecule has 0 bridgehead atoms. The predicted molar refractivity (Wildman–Crippen MR) is 59.9 cm³/mol. The van der Waals surface area contributed by atoms with E-state index < -0.39 is 18.9 Å². The quantitative estimate of drug-likeness (QED) is 0.627. The van der Waals surface area contributed by atoms with Crippen LogP contribution in [0.4, 0.5) is 8.78 Å². The highest BCUT2D eigenvalue weighted by Crippen LogP contribution is 2.02. The Balaban J connectivity index is 3.88. The second-order valence-corrected chi connectivity index (χ2v) is 4.17. The fraction of sp³-hybridized carbons (Fsp3) is 0.909. The normalized spacial score (nSPS) is 11.2. The number of hydrogen-bond acceptors (Lipinski definition) is 3. The summed E-state index contributed by atoms with van der Waals surface area (Å²) in [6.45, 7) is 3.72.